The van der Waals surface area contributed by atoms with Crippen LogP contribution < -0.4 is 20.4 Å². The average Bonchev–Trinajstić information content (AvgIpc) is 3.39. The third-order valence-electron chi connectivity index (χ3n) is 7.31. The second kappa shape index (κ2) is 12.0. The van der Waals surface area contributed by atoms with Gasteiger partial charge in [0.15, 0.2) is 6.10 Å². The summed E-state index contributed by atoms with van der Waals surface area (Å²) in [6, 6.07) is 25.0. The molecule has 1 saturated heterocycles. The van der Waals surface area contributed by atoms with Crippen molar-refractivity contribution in [1.29, 1.82) is 0 Å². The number of nitrogens with one attached hydrogen (secondary N) is 2. The molecule has 3 atom stereocenters. The van der Waals surface area contributed by atoms with Crippen LogP contribution >= 0.6 is 0 Å². The van der Waals surface area contributed by atoms with Crippen LogP contribution in [0.1, 0.15) is 30.0 Å². The number of amides is 3. The number of nitrogens with zero attached hydrogens (tertiary/aromatic N) is 2. The zero-order valence-corrected chi connectivity index (χ0v) is 22.3. The van der Waals surface area contributed by atoms with Crippen LogP contribution in [0.2, 0.25) is 0 Å². The van der Waals surface area contributed by atoms with Crippen molar-refractivity contribution in [1.82, 2.24) is 10.6 Å². The minimum absolute atomic E-state index is 0.152. The highest BCUT2D eigenvalue weighted by Crippen LogP contribution is 2.39. The molecule has 0 aliphatic carbocycles. The van der Waals surface area contributed by atoms with Gasteiger partial charge in [-0.25, -0.2) is 0 Å². The molecule has 206 valence electrons. The van der Waals surface area contributed by atoms with E-state index >= 15 is 0 Å². The number of rotatable bonds is 8. The molecule has 0 unspecified atom stereocenters. The molecular formula is C31H32N4O5. The van der Waals surface area contributed by atoms with Gasteiger partial charge in [0.25, 0.3) is 11.8 Å². The molecule has 0 radical (unpaired) electrons. The minimum atomic E-state index is -1.05. The number of esters is 1. The lowest BCUT2D eigenvalue weighted by Gasteiger charge is -2.34. The SMILES string of the molecule is CN1c2ccccc2N(CC(=O)NCCc2ccccc2)C(=O)[C@H](NC(=O)[C@@H]2CCC(=O)O2)[C@@H]1c1ccccc1. The summed E-state index contributed by atoms with van der Waals surface area (Å²) in [4.78, 5) is 55.7. The second-order valence-electron chi connectivity index (χ2n) is 9.97. The smallest absolute Gasteiger partial charge is 0.306 e. The number of hydrogen-bond donors (Lipinski definition) is 2. The highest BCUT2D eigenvalue weighted by atomic mass is 16.6. The largest absolute Gasteiger partial charge is 0.452 e. The van der Waals surface area contributed by atoms with E-state index in [4.69, 9.17) is 4.74 Å². The van der Waals surface area contributed by atoms with Crippen molar-refractivity contribution < 1.29 is 23.9 Å². The molecule has 3 aromatic rings. The van der Waals surface area contributed by atoms with E-state index in [9.17, 15) is 19.2 Å². The van der Waals surface area contributed by atoms with E-state index in [1.807, 2.05) is 90.8 Å². The van der Waals surface area contributed by atoms with Gasteiger partial charge in [0.2, 0.25) is 5.91 Å². The predicted molar refractivity (Wildman–Crippen MR) is 151 cm³/mol. The van der Waals surface area contributed by atoms with Crippen molar-refractivity contribution in [3.05, 3.63) is 96.1 Å². The topological polar surface area (TPSA) is 108 Å². The number of hydrogen-bond acceptors (Lipinski definition) is 6. The van der Waals surface area contributed by atoms with Gasteiger partial charge >= 0.3 is 5.97 Å². The van der Waals surface area contributed by atoms with E-state index in [0.29, 0.717) is 18.7 Å². The van der Waals surface area contributed by atoms with E-state index in [-0.39, 0.29) is 25.3 Å². The van der Waals surface area contributed by atoms with Gasteiger partial charge in [-0.15, -0.1) is 0 Å². The summed E-state index contributed by atoms with van der Waals surface area (Å²) >= 11 is 0. The molecule has 9 heteroatoms. The van der Waals surface area contributed by atoms with Crippen LogP contribution in [0.4, 0.5) is 11.4 Å². The average molecular weight is 541 g/mol. The first-order valence-electron chi connectivity index (χ1n) is 13.4. The first kappa shape index (κ1) is 26.9. The number of benzene rings is 3. The molecule has 2 N–H and O–H groups in total. The predicted octanol–water partition coefficient (Wildman–Crippen LogP) is 2.76. The maximum Gasteiger partial charge on any atom is 0.306 e. The van der Waals surface area contributed by atoms with E-state index < -0.39 is 36.0 Å². The molecular weight excluding hydrogens is 508 g/mol. The van der Waals surface area contributed by atoms with Crippen LogP contribution in [0.3, 0.4) is 0 Å². The molecule has 3 aromatic carbocycles. The zero-order chi connectivity index (χ0) is 28.1. The van der Waals surface area contributed by atoms with Crippen LogP contribution in [0, 0.1) is 0 Å². The Morgan fingerprint density at radius 3 is 2.23 bits per heavy atom. The molecule has 1 fully saturated rings. The van der Waals surface area contributed by atoms with Crippen LogP contribution in [-0.2, 0) is 30.3 Å². The fourth-order valence-corrected chi connectivity index (χ4v) is 5.30. The van der Waals surface area contributed by atoms with Crippen molar-refractivity contribution in [3.8, 4) is 0 Å². The highest BCUT2D eigenvalue weighted by Gasteiger charge is 2.43. The summed E-state index contributed by atoms with van der Waals surface area (Å²) in [6.07, 6.45) is 0.113. The number of cyclic esters (lactones) is 1. The number of anilines is 2. The minimum Gasteiger partial charge on any atom is -0.452 e. The van der Waals surface area contributed by atoms with Gasteiger partial charge in [-0.05, 0) is 29.7 Å². The standard InChI is InChI=1S/C31H32N4O5/c1-34-23-14-8-9-15-24(23)35(20-26(36)32-19-18-21-10-4-2-5-11-21)31(39)28(29(34)22-12-6-3-7-13-22)33-30(38)25-16-17-27(37)40-25/h2-15,25,28-29H,16-20H2,1H3,(H,32,36)(H,33,38)/t25-,28+,29-/m0/s1. The molecule has 3 amide bonds. The molecule has 40 heavy (non-hydrogen) atoms. The Bertz CT molecular complexity index is 1380. The fraction of sp³-hybridized carbons (Fsp3) is 0.290. The highest BCUT2D eigenvalue weighted by molar-refractivity contribution is 6.07. The Morgan fingerprint density at radius 2 is 1.55 bits per heavy atom. The molecule has 2 aliphatic rings. The summed E-state index contributed by atoms with van der Waals surface area (Å²) in [6.45, 7) is 0.205. The second-order valence-corrected chi connectivity index (χ2v) is 9.97. The summed E-state index contributed by atoms with van der Waals surface area (Å²) in [5.74, 6) is -1.71. The van der Waals surface area contributed by atoms with E-state index in [0.717, 1.165) is 16.8 Å². The van der Waals surface area contributed by atoms with Gasteiger partial charge < -0.3 is 20.3 Å². The van der Waals surface area contributed by atoms with Crippen molar-refractivity contribution in [2.45, 2.75) is 37.5 Å². The Kier molecular flexibility index (Phi) is 8.10. The number of fused-ring (bicyclic) bond motifs is 1. The third kappa shape index (κ3) is 5.83. The van der Waals surface area contributed by atoms with Crippen molar-refractivity contribution in [2.75, 3.05) is 29.9 Å². The molecule has 5 rings (SSSR count). The van der Waals surface area contributed by atoms with E-state index in [1.54, 1.807) is 6.07 Å². The maximum atomic E-state index is 14.3. The molecule has 0 spiro atoms. The molecule has 9 nitrogen and oxygen atoms in total. The molecule has 0 aromatic heterocycles. The molecule has 2 aliphatic heterocycles. The Hall–Kier alpha value is -4.66. The number of carbonyl (C=O) groups excluding carboxylic acids is 4. The van der Waals surface area contributed by atoms with Gasteiger partial charge in [-0.3, -0.25) is 24.1 Å². The maximum absolute atomic E-state index is 14.3. The molecule has 2 heterocycles. The van der Waals surface area contributed by atoms with Crippen LogP contribution in [0.15, 0.2) is 84.9 Å². The number of para-hydroxylation sites is 2. The summed E-state index contributed by atoms with van der Waals surface area (Å²) in [7, 11) is 1.86. The molecule has 0 saturated carbocycles. The molecule has 0 bridgehead atoms. The van der Waals surface area contributed by atoms with Crippen molar-refractivity contribution in [3.63, 3.8) is 0 Å². The van der Waals surface area contributed by atoms with Crippen molar-refractivity contribution in [2.24, 2.45) is 0 Å². The van der Waals surface area contributed by atoms with Gasteiger partial charge in [-0.1, -0.05) is 72.8 Å². The first-order chi connectivity index (χ1) is 19.4. The first-order valence-corrected chi connectivity index (χ1v) is 13.4. The summed E-state index contributed by atoms with van der Waals surface area (Å²) in [5, 5.41) is 5.79. The van der Waals surface area contributed by atoms with Crippen LogP contribution in [-0.4, -0.2) is 56.0 Å². The van der Waals surface area contributed by atoms with Crippen molar-refractivity contribution >= 4 is 35.1 Å². The summed E-state index contributed by atoms with van der Waals surface area (Å²) in [5.41, 5.74) is 3.22. The van der Waals surface area contributed by atoms with E-state index in [1.165, 1.54) is 4.90 Å². The van der Waals surface area contributed by atoms with E-state index in [2.05, 4.69) is 10.6 Å². The van der Waals surface area contributed by atoms with Gasteiger partial charge in [0, 0.05) is 26.4 Å². The Morgan fingerprint density at radius 1 is 0.900 bits per heavy atom. The van der Waals surface area contributed by atoms with Gasteiger partial charge in [0.05, 0.1) is 17.4 Å². The third-order valence-corrected chi connectivity index (χ3v) is 7.31. The van der Waals surface area contributed by atoms with Crippen LogP contribution in [0.25, 0.3) is 0 Å². The Balaban J connectivity index is 1.44. The summed E-state index contributed by atoms with van der Waals surface area (Å²) < 4.78 is 5.18. The lowest BCUT2D eigenvalue weighted by molar-refractivity contribution is -0.148. The lowest BCUT2D eigenvalue weighted by atomic mass is 9.96. The fourth-order valence-electron chi connectivity index (χ4n) is 5.30. The van der Waals surface area contributed by atoms with Gasteiger partial charge in [-0.2, -0.15) is 0 Å². The Labute approximate surface area is 233 Å². The monoisotopic (exact) mass is 540 g/mol. The number of carbonyl (C=O) groups is 4. The zero-order valence-electron chi connectivity index (χ0n) is 22.3. The number of likely N-dealkylation sites (N-methyl/N-ethyl adjacent to an activating group) is 1. The lowest BCUT2D eigenvalue weighted by Crippen LogP contribution is -2.56. The van der Waals surface area contributed by atoms with Gasteiger partial charge in [0.1, 0.15) is 12.6 Å². The quantitative estimate of drug-likeness (QED) is 0.426. The number of ether oxygens (including phenoxy) is 1. The normalized spacial score (nSPS) is 20.4. The van der Waals surface area contributed by atoms with Crippen LogP contribution in [0.5, 0.6) is 0 Å².